The molecule has 0 radical (unpaired) electrons. The van der Waals surface area contributed by atoms with Crippen LogP contribution in [0.25, 0.3) is 11.3 Å². The van der Waals surface area contributed by atoms with E-state index in [0.717, 1.165) is 29.8 Å². The Morgan fingerprint density at radius 3 is 2.63 bits per heavy atom. The van der Waals surface area contributed by atoms with Crippen molar-refractivity contribution in [2.75, 3.05) is 29.9 Å². The molecular weight excluding hydrogens is 530 g/mol. The Balaban J connectivity index is 1.75. The van der Waals surface area contributed by atoms with Crippen LogP contribution >= 0.6 is 0 Å². The van der Waals surface area contributed by atoms with Gasteiger partial charge < -0.3 is 15.3 Å². The molecule has 1 aliphatic heterocycles. The first-order chi connectivity index (χ1) is 19.6. The van der Waals surface area contributed by atoms with Gasteiger partial charge in [-0.25, -0.2) is 8.78 Å². The average molecular weight is 559 g/mol. The molecule has 1 fully saturated rings. The Labute approximate surface area is 235 Å². The van der Waals surface area contributed by atoms with Crippen molar-refractivity contribution >= 4 is 29.6 Å². The fraction of sp³-hybridized carbons (Fsp3) is 0.233. The number of aromatic nitrogens is 2. The number of carbonyl (C=O) groups excluding carboxylic acids is 1. The number of nitrogens with one attached hydrogen (secondary N) is 1. The number of benzene rings is 2. The lowest BCUT2D eigenvalue weighted by Gasteiger charge is -2.26. The van der Waals surface area contributed by atoms with Gasteiger partial charge in [0.25, 0.3) is 11.5 Å². The minimum atomic E-state index is -1.00. The molecule has 1 aliphatic rings. The summed E-state index contributed by atoms with van der Waals surface area (Å²) in [6, 6.07) is 12.7. The predicted molar refractivity (Wildman–Crippen MR) is 153 cm³/mol. The molecule has 0 aliphatic carbocycles. The molecule has 1 atom stereocenters. The zero-order chi connectivity index (χ0) is 29.7. The number of hydrogen-bond donors (Lipinski definition) is 2. The summed E-state index contributed by atoms with van der Waals surface area (Å²) in [4.78, 5) is 31.4. The lowest BCUT2D eigenvalue weighted by molar-refractivity contribution is 0.102. The van der Waals surface area contributed by atoms with Crippen molar-refractivity contribution in [1.29, 1.82) is 5.26 Å². The summed E-state index contributed by atoms with van der Waals surface area (Å²) in [5.41, 5.74) is 0.748. The number of nitriles is 1. The summed E-state index contributed by atoms with van der Waals surface area (Å²) in [5.74, 6) is -2.72. The second-order valence-electron chi connectivity index (χ2n) is 10.0. The largest absolute Gasteiger partial charge is 0.396 e. The normalized spacial score (nSPS) is 17.3. The molecule has 0 spiro atoms. The quantitative estimate of drug-likeness (QED) is 0.239. The second kappa shape index (κ2) is 12.1. The Morgan fingerprint density at radius 2 is 2.00 bits per heavy atom. The number of allylic oxidation sites excluding steroid dienone is 3. The Morgan fingerprint density at radius 1 is 1.27 bits per heavy atom. The first-order valence-electron chi connectivity index (χ1n) is 12.7. The van der Waals surface area contributed by atoms with Gasteiger partial charge in [-0.15, -0.1) is 0 Å². The van der Waals surface area contributed by atoms with E-state index in [1.807, 2.05) is 17.9 Å². The number of para-hydroxylation sites is 1. The molecule has 2 N–H and O–H groups in total. The van der Waals surface area contributed by atoms with Gasteiger partial charge in [0.2, 0.25) is 0 Å². The molecule has 0 saturated carbocycles. The molecule has 41 heavy (non-hydrogen) atoms. The van der Waals surface area contributed by atoms with Crippen LogP contribution in [0.15, 0.2) is 76.2 Å². The summed E-state index contributed by atoms with van der Waals surface area (Å²) in [6.45, 7) is 8.25. The Bertz CT molecular complexity index is 1650. The maximum absolute atomic E-state index is 14.4. The van der Waals surface area contributed by atoms with Crippen molar-refractivity contribution in [3.8, 4) is 11.8 Å². The third kappa shape index (κ3) is 6.13. The van der Waals surface area contributed by atoms with Gasteiger partial charge >= 0.3 is 0 Å². The van der Waals surface area contributed by atoms with Crippen LogP contribution in [0.3, 0.4) is 0 Å². The van der Waals surface area contributed by atoms with E-state index in [0.29, 0.717) is 46.7 Å². The van der Waals surface area contributed by atoms with Crippen LogP contribution in [-0.4, -0.2) is 47.2 Å². The highest BCUT2D eigenvalue weighted by molar-refractivity contribution is 6.05. The number of aliphatic hydroxyl groups is 1. The first-order valence-corrected chi connectivity index (χ1v) is 12.7. The Kier molecular flexibility index (Phi) is 8.54. The van der Waals surface area contributed by atoms with Crippen LogP contribution in [0.1, 0.15) is 36.3 Å². The first kappa shape index (κ1) is 29.0. The van der Waals surface area contributed by atoms with E-state index in [-0.39, 0.29) is 17.7 Å². The molecule has 1 aromatic heterocycles. The third-order valence-corrected chi connectivity index (χ3v) is 7.01. The molecule has 1 saturated heterocycles. The zero-order valence-corrected chi connectivity index (χ0v) is 22.6. The van der Waals surface area contributed by atoms with Crippen molar-refractivity contribution < 1.29 is 18.7 Å². The highest BCUT2D eigenvalue weighted by Gasteiger charge is 2.34. The van der Waals surface area contributed by atoms with Gasteiger partial charge in [0.15, 0.2) is 11.6 Å². The molecular formula is C30H28F2N6O3. The van der Waals surface area contributed by atoms with Crippen molar-refractivity contribution in [2.24, 2.45) is 10.4 Å². The van der Waals surface area contributed by atoms with Gasteiger partial charge in [-0.05, 0) is 67.6 Å². The van der Waals surface area contributed by atoms with Gasteiger partial charge in [-0.3, -0.25) is 14.6 Å². The highest BCUT2D eigenvalue weighted by Crippen LogP contribution is 2.38. The molecule has 0 unspecified atom stereocenters. The van der Waals surface area contributed by atoms with Crippen LogP contribution in [-0.2, 0) is 0 Å². The molecule has 2 heterocycles. The number of rotatable bonds is 8. The van der Waals surface area contributed by atoms with E-state index in [1.165, 1.54) is 12.3 Å². The van der Waals surface area contributed by atoms with E-state index < -0.39 is 28.8 Å². The van der Waals surface area contributed by atoms with Crippen molar-refractivity contribution in [1.82, 2.24) is 9.78 Å². The van der Waals surface area contributed by atoms with Gasteiger partial charge in [-0.1, -0.05) is 19.1 Å². The van der Waals surface area contributed by atoms with Crippen molar-refractivity contribution in [3.05, 3.63) is 99.6 Å². The summed E-state index contributed by atoms with van der Waals surface area (Å²) in [7, 11) is 0. The van der Waals surface area contributed by atoms with Crippen LogP contribution < -0.4 is 15.8 Å². The Hall–Kier alpha value is -4.95. The SMILES string of the molecule is C=N/C=C\C(C#N)=C(/C)c1ccc(NC(=O)c2ccc(=O)n(-c3c(F)cccc3F)n2)c(N2CC[C@@](C)(CO)C2)c1. The number of aliphatic imine (C=N–C) groups is 1. The van der Waals surface area contributed by atoms with E-state index in [4.69, 9.17) is 0 Å². The van der Waals surface area contributed by atoms with E-state index in [1.54, 1.807) is 25.1 Å². The minimum Gasteiger partial charge on any atom is -0.396 e. The number of hydrogen-bond acceptors (Lipinski definition) is 7. The summed E-state index contributed by atoms with van der Waals surface area (Å²) in [5, 5.41) is 26.3. The predicted octanol–water partition coefficient (Wildman–Crippen LogP) is 4.48. The van der Waals surface area contributed by atoms with Crippen molar-refractivity contribution in [3.63, 3.8) is 0 Å². The van der Waals surface area contributed by atoms with Gasteiger partial charge in [0.1, 0.15) is 11.4 Å². The molecule has 9 nitrogen and oxygen atoms in total. The fourth-order valence-electron chi connectivity index (χ4n) is 4.59. The highest BCUT2D eigenvalue weighted by atomic mass is 19.1. The van der Waals surface area contributed by atoms with Crippen LogP contribution in [0.5, 0.6) is 0 Å². The lowest BCUT2D eigenvalue weighted by Crippen LogP contribution is -2.29. The molecule has 4 rings (SSSR count). The molecule has 2 aromatic carbocycles. The zero-order valence-electron chi connectivity index (χ0n) is 22.6. The topological polar surface area (TPSA) is 124 Å². The van der Waals surface area contributed by atoms with Crippen LogP contribution in [0.2, 0.25) is 0 Å². The van der Waals surface area contributed by atoms with Gasteiger partial charge in [-0.2, -0.15) is 15.0 Å². The lowest BCUT2D eigenvalue weighted by atomic mass is 9.91. The number of nitrogens with zero attached hydrogens (tertiary/aromatic N) is 5. The summed E-state index contributed by atoms with van der Waals surface area (Å²) in [6.07, 6.45) is 3.69. The van der Waals surface area contributed by atoms with E-state index in [9.17, 15) is 28.7 Å². The monoisotopic (exact) mass is 558 g/mol. The standard InChI is InChI=1S/C30H28F2N6O3/c1-19(21(16-33)11-13-34-3)20-7-8-24(26(15-20)37-14-12-30(2,17-37)18-39)35-29(41)25-9-10-27(40)38(36-25)28-22(31)5-4-6-23(28)32/h4-11,13,15,39H,3,12,14,17-18H2,1-2H3,(H,35,41)/b13-11-,21-19-/t30-/m1/s1. The smallest absolute Gasteiger partial charge is 0.276 e. The minimum absolute atomic E-state index is 0.0141. The van der Waals surface area contributed by atoms with Crippen LogP contribution in [0.4, 0.5) is 20.2 Å². The maximum Gasteiger partial charge on any atom is 0.276 e. The van der Waals surface area contributed by atoms with Crippen molar-refractivity contribution in [2.45, 2.75) is 20.3 Å². The molecule has 0 bridgehead atoms. The summed E-state index contributed by atoms with van der Waals surface area (Å²) >= 11 is 0. The van der Waals surface area contributed by atoms with Crippen LogP contribution in [0, 0.1) is 28.4 Å². The maximum atomic E-state index is 14.4. The third-order valence-electron chi connectivity index (χ3n) is 7.01. The fourth-order valence-corrected chi connectivity index (χ4v) is 4.59. The number of carbonyl (C=O) groups is 1. The molecule has 1 amide bonds. The molecule has 210 valence electrons. The number of aliphatic hydroxyl groups excluding tert-OH is 1. The average Bonchev–Trinajstić information content (AvgIpc) is 3.36. The van der Waals surface area contributed by atoms with Gasteiger partial charge in [0.05, 0.1) is 29.6 Å². The van der Waals surface area contributed by atoms with E-state index in [2.05, 4.69) is 28.2 Å². The van der Waals surface area contributed by atoms with Gasteiger partial charge in [0, 0.05) is 30.8 Å². The van der Waals surface area contributed by atoms with E-state index >= 15 is 0 Å². The molecule has 11 heteroatoms. The number of halogens is 2. The number of amides is 1. The second-order valence-corrected chi connectivity index (χ2v) is 10.0. The summed E-state index contributed by atoms with van der Waals surface area (Å²) < 4.78 is 29.2. The number of anilines is 2. The molecule has 3 aromatic rings.